The molecule has 1 aliphatic rings. The van der Waals surface area contributed by atoms with E-state index in [9.17, 15) is 72.3 Å². The fourth-order valence-electron chi connectivity index (χ4n) is 3.44. The molecule has 1 fully saturated rings. The van der Waals surface area contributed by atoms with Gasteiger partial charge >= 0.3 is 43.4 Å². The summed E-state index contributed by atoms with van der Waals surface area (Å²) in [7, 11) is -23.6. The summed E-state index contributed by atoms with van der Waals surface area (Å²) in [6, 6.07) is 0. The zero-order valence-corrected chi connectivity index (χ0v) is 33.6. The van der Waals surface area contributed by atoms with Crippen molar-refractivity contribution in [3.63, 3.8) is 0 Å². The lowest BCUT2D eigenvalue weighted by Crippen LogP contribution is -2.65. The predicted molar refractivity (Wildman–Crippen MR) is 222 cm³/mol. The molecule has 0 aromatic heterocycles. The van der Waals surface area contributed by atoms with Gasteiger partial charge in [-0.05, 0) is 84.5 Å². The van der Waals surface area contributed by atoms with Crippen LogP contribution >= 0.6 is 31.3 Å². The summed E-state index contributed by atoms with van der Waals surface area (Å²) in [4.78, 5) is 94.1. The average Bonchev–Trinajstić information content (AvgIpc) is 3.16. The van der Waals surface area contributed by atoms with Crippen molar-refractivity contribution in [2.24, 2.45) is 0 Å². The summed E-state index contributed by atoms with van der Waals surface area (Å²) < 4.78 is 78.8. The molecule has 37 nitrogen and oxygen atoms in total. The largest absolute Gasteiger partial charge is 0.543 e. The van der Waals surface area contributed by atoms with Gasteiger partial charge < -0.3 is 60.1 Å². The third-order valence-corrected chi connectivity index (χ3v) is 7.79. The Hall–Kier alpha value is -3.66. The van der Waals surface area contributed by atoms with Crippen LogP contribution in [0.25, 0.3) is 0 Å². The van der Waals surface area contributed by atoms with Crippen molar-refractivity contribution in [2.45, 2.75) is 49.7 Å². The van der Waals surface area contributed by atoms with E-state index in [4.69, 9.17) is 5.26 Å². The fourth-order valence-corrected chi connectivity index (χ4v) is 6.10. The Morgan fingerprint density at radius 2 is 0.984 bits per heavy atom. The summed E-state index contributed by atoms with van der Waals surface area (Å²) in [6.07, 6.45) is -21.5. The number of carbonyl (C=O) groups excluding carboxylic acids is 2. The van der Waals surface area contributed by atoms with Crippen LogP contribution in [0.4, 0.5) is 4.79 Å². The van der Waals surface area contributed by atoms with Crippen LogP contribution in [-0.4, -0.2) is 118 Å². The first-order valence-corrected chi connectivity index (χ1v) is 20.4. The number of carbonyl (C=O) groups is 2. The molecule has 0 aromatic rings. The maximum atomic E-state index is 12.9. The first kappa shape index (κ1) is 59.3. The van der Waals surface area contributed by atoms with Gasteiger partial charge in [0.05, 0.1) is 6.61 Å². The molecule has 0 bridgehead atoms. The van der Waals surface area contributed by atoms with Crippen LogP contribution in [0.1, 0.15) is 41.2 Å². The highest BCUT2D eigenvalue weighted by Gasteiger charge is 2.59. The summed E-state index contributed by atoms with van der Waals surface area (Å²) >= 11 is 0. The third kappa shape index (κ3) is 28.7. The highest BCUT2D eigenvalue weighted by molar-refractivity contribution is 7.47. The first-order chi connectivity index (χ1) is 29.0. The number of ether oxygens (including phenoxy) is 2. The molecule has 41 heteroatoms. The topological polar surface area (TPSA) is 524 Å². The van der Waals surface area contributed by atoms with Crippen molar-refractivity contribution in [3.8, 4) is 59.2 Å². The normalized spacial score (nSPS) is 20.9. The minimum absolute atomic E-state index is 0. The first-order valence-electron chi connectivity index (χ1n) is 14.3. The molecule has 1 rings (SSSR count). The molecule has 0 radical (unpaired) electrons. The number of esters is 1. The minimum atomic E-state index is -5.92. The van der Waals surface area contributed by atoms with Gasteiger partial charge in [-0.25, -0.2) is 38.0 Å². The number of aliphatic hydroxyl groups is 2. The van der Waals surface area contributed by atoms with E-state index in [1.165, 1.54) is 6.92 Å². The summed E-state index contributed by atoms with van der Waals surface area (Å²) in [5, 5.41) is 70.4. The van der Waals surface area contributed by atoms with Crippen LogP contribution in [0.5, 0.6) is 0 Å². The molecule has 63 heavy (non-hydrogen) atoms. The lowest BCUT2D eigenvalue weighted by molar-refractivity contribution is -0.874. The second-order valence-corrected chi connectivity index (χ2v) is 14.3. The van der Waals surface area contributed by atoms with Crippen molar-refractivity contribution in [2.75, 3.05) is 13.2 Å². The number of phosphoric ester groups is 4. The van der Waals surface area contributed by atoms with E-state index in [-0.39, 0.29) is 40.4 Å². The number of hydrogen-bond donors (Lipinski definition) is 11. The molecule has 0 aliphatic heterocycles. The van der Waals surface area contributed by atoms with Gasteiger partial charge in [0.1, 0.15) is 43.2 Å². The molecule has 0 aromatic carbocycles. The predicted octanol–water partition coefficient (Wildman–Crippen LogP) is 2.48. The molecule has 13 N–H and O–H groups in total. The highest BCUT2D eigenvalue weighted by Crippen LogP contribution is 2.53. The highest BCUT2D eigenvalue weighted by atomic mass is 31.2. The monoisotopic (exact) mass is 1050 g/mol. The molecule has 0 amide bonds. The zero-order valence-electron chi connectivity index (χ0n) is 30.0. The van der Waals surface area contributed by atoms with E-state index >= 15 is 0 Å². The number of rotatable bonds is 26. The number of phosphoric acid groups is 4. The molecule has 0 spiro atoms. The van der Waals surface area contributed by atoms with Gasteiger partial charge in [-0.1, -0.05) is 5.92 Å². The molecule has 1 saturated carbocycles. The Morgan fingerprint density at radius 3 is 1.43 bits per heavy atom. The Labute approximate surface area is 382 Å². The molecule has 0 saturated heterocycles. The van der Waals surface area contributed by atoms with Crippen molar-refractivity contribution in [1.29, 1.82) is 0 Å². The number of hydrogen-bond acceptors (Lipinski definition) is 30. The smallest absolute Gasteiger partial charge is 0.452 e. The molecule has 5 unspecified atom stereocenters. The Kier molecular flexibility index (Phi) is 28.7. The van der Waals surface area contributed by atoms with Gasteiger partial charge in [-0.3, -0.25) is 22.6 Å². The van der Waals surface area contributed by atoms with Crippen molar-refractivity contribution in [3.05, 3.63) is 0 Å². The van der Waals surface area contributed by atoms with Crippen LogP contribution in [0, 0.1) is 59.2 Å². The van der Waals surface area contributed by atoms with Gasteiger partial charge in [-0.15, -0.1) is 0 Å². The molecule has 0 heterocycles. The second-order valence-electron chi connectivity index (χ2n) is 9.37. The Balaban J connectivity index is -0.0000000669. The molecular formula is C22H75NO36P4. The van der Waals surface area contributed by atoms with Crippen LogP contribution in [-0.2, 0) is 120 Å². The molecule has 1 aliphatic carbocycles. The van der Waals surface area contributed by atoms with Gasteiger partial charge in [0.25, 0.3) is 0 Å². The van der Waals surface area contributed by atoms with Gasteiger partial charge in [0.2, 0.25) is 0 Å². The molecular weight excluding hydrogens is 978 g/mol. The number of aliphatic hydroxyl groups excluding tert-OH is 2. The van der Waals surface area contributed by atoms with Gasteiger partial charge in [-0.2, -0.15) is 0 Å². The maximum absolute atomic E-state index is 12.9. The van der Waals surface area contributed by atoms with Crippen molar-refractivity contribution >= 4 is 43.4 Å². The van der Waals surface area contributed by atoms with Crippen LogP contribution in [0.3, 0.4) is 0 Å². The van der Waals surface area contributed by atoms with Crippen molar-refractivity contribution < 1.29 is 209 Å². The lowest BCUT2D eigenvalue weighted by atomic mass is 9.85. The van der Waals surface area contributed by atoms with Gasteiger partial charge in [0.15, 0.2) is 6.10 Å². The van der Waals surface area contributed by atoms with E-state index in [1.807, 2.05) is 11.8 Å². The van der Waals surface area contributed by atoms with Crippen molar-refractivity contribution in [1.82, 2.24) is 6.15 Å². The molecule has 404 valence electrons. The summed E-state index contributed by atoms with van der Waals surface area (Å²) in [5.41, 5.74) is 0. The Bertz CT molecular complexity index is 2000. The third-order valence-electron chi connectivity index (χ3n) is 5.25. The summed E-state index contributed by atoms with van der Waals surface area (Å²) in [5.74, 6) is 20.8. The molecule has 8 atom stereocenters. The quantitative estimate of drug-likeness (QED) is 0.0113. The van der Waals surface area contributed by atoms with E-state index in [1.54, 1.807) is 0 Å². The summed E-state index contributed by atoms with van der Waals surface area (Å²) in [6.45, 7) is -1.11. The maximum Gasteiger partial charge on any atom is 0.543 e. The second kappa shape index (κ2) is 30.5. The van der Waals surface area contributed by atoms with Crippen LogP contribution in [0.15, 0.2) is 0 Å². The van der Waals surface area contributed by atoms with Crippen LogP contribution < -0.4 is 6.15 Å². The average molecular weight is 1050 g/mol. The van der Waals surface area contributed by atoms with E-state index in [0.29, 0.717) is 0 Å². The Morgan fingerprint density at radius 1 is 0.571 bits per heavy atom. The zero-order chi connectivity index (χ0) is 46.8. The standard InChI is InChI=1S/C22H24O36P4.H3N.24H2/c1-2-3-4-5-6-7-8-9-10-11-15(23)39-12-14(41-22(26)42-48-50-52-54-56-58-57-55-53-51-49-47-27)13-40-62(37,38)46-18-16(24)19(43-59(28,29)30)21(45-61(34,35)36)20(17(18)25)44-60(31,32)33;;;;;;;;;;;;;;;;;;;;;;;;;/h14,16-21,24-25,27H,12-13H2,1H3,(H,37,38)(H2,28,29,30)(H2,31,32,33)(H2,34,35,36);1H3;24*1H/t14-,16-,17?,18?,19?,20+,21?;;;;;;;;;;;;;;;;;;;;;;;;;/m1........................./s1. The van der Waals surface area contributed by atoms with Crippen LogP contribution in [0.2, 0.25) is 0 Å². The minimum Gasteiger partial charge on any atom is -0.452 e. The van der Waals surface area contributed by atoms with Gasteiger partial charge in [0, 0.05) is 70.4 Å². The lowest BCUT2D eigenvalue weighted by Gasteiger charge is -2.45. The van der Waals surface area contributed by atoms with E-state index < -0.39 is 99.4 Å². The van der Waals surface area contributed by atoms with E-state index in [2.05, 4.69) is 145 Å². The fraction of sp³-hybridized carbons (Fsp3) is 0.455. The van der Waals surface area contributed by atoms with E-state index in [0.717, 1.165) is 0 Å². The SMILES string of the molecule is CC#CC#CC#CC#CC#CC(=O)OC[C@H](COP(=O)(O)OC1C(O)[C@H](OP(=O)(O)O)C(OP(=O)(O)O)C(OP(=O)(O)O)[C@@H]1O)OC(=O)OOOOOOOOOOOOOO.N.[HH].[HH].[HH].[HH].[HH].[HH].[HH].[HH].[HH].[HH].[HH].[HH].[HH].[HH].[HH].[HH].[HH].[HH].[HH].[HH].[HH].[HH].[HH].[HH].